The first-order valence-electron chi connectivity index (χ1n) is 14.6. The molecule has 4 atom stereocenters. The SMILES string of the molecule is CC(=O)N[C@H](CC(=O)O)C(=O)N[C@H](CCC(=O)O)C(=O)N[C@H](C(=O)N[C@H](CC(=O)O)C(=O)Nc1ccc2c(C)cc(=O)oc2c1)C(C)C. The van der Waals surface area contributed by atoms with Gasteiger partial charge in [0.15, 0.2) is 0 Å². The Morgan fingerprint density at radius 3 is 1.83 bits per heavy atom. The molecule has 18 nitrogen and oxygen atoms in total. The molecule has 0 aliphatic carbocycles. The van der Waals surface area contributed by atoms with Crippen LogP contribution in [0.5, 0.6) is 0 Å². The van der Waals surface area contributed by atoms with Crippen LogP contribution < -0.4 is 32.2 Å². The number of anilines is 1. The van der Waals surface area contributed by atoms with E-state index in [0.717, 1.165) is 6.92 Å². The number of benzene rings is 1. The number of nitrogens with one attached hydrogen (secondary N) is 5. The monoisotopic (exact) mass is 675 g/mol. The van der Waals surface area contributed by atoms with Crippen molar-refractivity contribution in [2.45, 2.75) is 77.5 Å². The first-order chi connectivity index (χ1) is 22.4. The van der Waals surface area contributed by atoms with Crippen LogP contribution >= 0.6 is 0 Å². The van der Waals surface area contributed by atoms with Crippen LogP contribution in [0.25, 0.3) is 11.0 Å². The standard InChI is InChI=1S/C30H37N5O13/c1-13(2)26(35-27(44)18(7-8-22(37)38)33-29(46)19(11-23(39)40)31-15(4)36)30(47)34-20(12-24(41)42)28(45)32-16-5-6-17-14(3)9-25(43)48-21(17)10-16/h5-6,9-10,13,18-20,26H,7-8,11-12H2,1-4H3,(H,31,36)(H,32,45)(H,33,46)(H,34,47)(H,35,44)(H,37,38)(H,39,40)(H,41,42)/t18-,19-,20-,26+/m1/s1. The maximum absolute atomic E-state index is 13.3. The smallest absolute Gasteiger partial charge is 0.336 e. The average Bonchev–Trinajstić information content (AvgIpc) is 2.95. The van der Waals surface area contributed by atoms with Gasteiger partial charge in [0, 0.05) is 36.6 Å². The molecule has 18 heteroatoms. The molecule has 1 heterocycles. The molecule has 5 amide bonds. The minimum atomic E-state index is -1.66. The van der Waals surface area contributed by atoms with Crippen molar-refractivity contribution in [2.24, 2.45) is 5.92 Å². The minimum absolute atomic E-state index is 0.122. The van der Waals surface area contributed by atoms with Gasteiger partial charge in [0.25, 0.3) is 0 Å². The Balaban J connectivity index is 2.27. The van der Waals surface area contributed by atoms with Crippen LogP contribution in [0.2, 0.25) is 0 Å². The van der Waals surface area contributed by atoms with Crippen molar-refractivity contribution in [1.82, 2.24) is 21.3 Å². The summed E-state index contributed by atoms with van der Waals surface area (Å²) in [5, 5.41) is 39.7. The van der Waals surface area contributed by atoms with Gasteiger partial charge in [-0.3, -0.25) is 38.4 Å². The number of hydrogen-bond donors (Lipinski definition) is 8. The largest absolute Gasteiger partial charge is 0.481 e. The lowest BCUT2D eigenvalue weighted by atomic mass is 10.0. The van der Waals surface area contributed by atoms with Gasteiger partial charge in [0.05, 0.1) is 12.8 Å². The quantitative estimate of drug-likeness (QED) is 0.0980. The fourth-order valence-electron chi connectivity index (χ4n) is 4.50. The molecule has 0 unspecified atom stereocenters. The lowest BCUT2D eigenvalue weighted by Crippen LogP contribution is -2.59. The van der Waals surface area contributed by atoms with Crippen LogP contribution in [0, 0.1) is 12.8 Å². The second kappa shape index (κ2) is 17.2. The molecule has 0 spiro atoms. The van der Waals surface area contributed by atoms with Gasteiger partial charge in [-0.1, -0.05) is 13.8 Å². The van der Waals surface area contributed by atoms with E-state index in [4.69, 9.17) is 14.6 Å². The zero-order chi connectivity index (χ0) is 36.3. The Kier molecular flexibility index (Phi) is 13.8. The summed E-state index contributed by atoms with van der Waals surface area (Å²) in [6.07, 6.45) is -2.84. The average molecular weight is 676 g/mol. The summed E-state index contributed by atoms with van der Waals surface area (Å²) in [4.78, 5) is 110. The molecule has 0 saturated heterocycles. The molecule has 0 aliphatic heterocycles. The van der Waals surface area contributed by atoms with Crippen molar-refractivity contribution in [3.8, 4) is 0 Å². The summed E-state index contributed by atoms with van der Waals surface area (Å²) >= 11 is 0. The number of amides is 5. The summed E-state index contributed by atoms with van der Waals surface area (Å²) in [5.74, 6) is -9.79. The highest BCUT2D eigenvalue weighted by atomic mass is 16.4. The molecular formula is C30H37N5O13. The van der Waals surface area contributed by atoms with Crippen LogP contribution in [0.3, 0.4) is 0 Å². The highest BCUT2D eigenvalue weighted by molar-refractivity contribution is 6.01. The molecule has 2 aromatic rings. The van der Waals surface area contributed by atoms with Crippen molar-refractivity contribution < 1.29 is 58.1 Å². The first kappa shape index (κ1) is 38.4. The predicted octanol–water partition coefficient (Wildman–Crippen LogP) is -0.531. The zero-order valence-corrected chi connectivity index (χ0v) is 26.4. The highest BCUT2D eigenvalue weighted by Crippen LogP contribution is 2.21. The maximum Gasteiger partial charge on any atom is 0.336 e. The van der Waals surface area contributed by atoms with E-state index in [9.17, 15) is 48.3 Å². The van der Waals surface area contributed by atoms with E-state index in [-0.39, 0.29) is 11.3 Å². The third-order valence-corrected chi connectivity index (χ3v) is 6.83. The molecule has 0 radical (unpaired) electrons. The second-order valence-electron chi connectivity index (χ2n) is 11.2. The van der Waals surface area contributed by atoms with Crippen LogP contribution in [0.4, 0.5) is 5.69 Å². The Hall–Kier alpha value is -5.81. The van der Waals surface area contributed by atoms with Crippen LogP contribution in [-0.4, -0.2) is 86.9 Å². The predicted molar refractivity (Wildman–Crippen MR) is 165 cm³/mol. The van der Waals surface area contributed by atoms with Crippen LogP contribution in [-0.2, 0) is 38.4 Å². The molecule has 48 heavy (non-hydrogen) atoms. The Labute approximate surface area is 272 Å². The maximum atomic E-state index is 13.3. The first-order valence-corrected chi connectivity index (χ1v) is 14.6. The van der Waals surface area contributed by atoms with E-state index < -0.39 is 109 Å². The van der Waals surface area contributed by atoms with Crippen molar-refractivity contribution in [3.05, 3.63) is 40.2 Å². The Bertz CT molecular complexity index is 1640. The number of carbonyl (C=O) groups is 8. The highest BCUT2D eigenvalue weighted by Gasteiger charge is 2.34. The van der Waals surface area contributed by atoms with Gasteiger partial charge in [0.2, 0.25) is 29.5 Å². The van der Waals surface area contributed by atoms with Crippen molar-refractivity contribution in [2.75, 3.05) is 5.32 Å². The van der Waals surface area contributed by atoms with Crippen LogP contribution in [0.1, 0.15) is 52.0 Å². The second-order valence-corrected chi connectivity index (χ2v) is 11.2. The lowest BCUT2D eigenvalue weighted by molar-refractivity contribution is -0.142. The summed E-state index contributed by atoms with van der Waals surface area (Å²) < 4.78 is 5.16. The number of carboxylic acids is 3. The molecule has 2 rings (SSSR count). The zero-order valence-electron chi connectivity index (χ0n) is 26.4. The van der Waals surface area contributed by atoms with Gasteiger partial charge in [0.1, 0.15) is 29.8 Å². The molecule has 0 saturated carbocycles. The summed E-state index contributed by atoms with van der Waals surface area (Å²) in [7, 11) is 0. The number of carbonyl (C=O) groups excluding carboxylic acids is 5. The normalized spacial score (nSPS) is 13.4. The summed E-state index contributed by atoms with van der Waals surface area (Å²) in [5.41, 5.74) is 0.264. The van der Waals surface area contributed by atoms with E-state index in [1.54, 1.807) is 13.0 Å². The van der Waals surface area contributed by atoms with Crippen molar-refractivity contribution in [3.63, 3.8) is 0 Å². The number of aliphatic carboxylic acids is 3. The summed E-state index contributed by atoms with van der Waals surface area (Å²) in [6.45, 7) is 5.73. The fourth-order valence-corrected chi connectivity index (χ4v) is 4.50. The Morgan fingerprint density at radius 2 is 1.29 bits per heavy atom. The molecule has 8 N–H and O–H groups in total. The van der Waals surface area contributed by atoms with Crippen molar-refractivity contribution >= 4 is 64.1 Å². The van der Waals surface area contributed by atoms with E-state index in [0.29, 0.717) is 10.9 Å². The van der Waals surface area contributed by atoms with E-state index >= 15 is 0 Å². The lowest BCUT2D eigenvalue weighted by Gasteiger charge is -2.27. The van der Waals surface area contributed by atoms with Gasteiger partial charge in [-0.2, -0.15) is 0 Å². The van der Waals surface area contributed by atoms with E-state index in [2.05, 4.69) is 26.6 Å². The minimum Gasteiger partial charge on any atom is -0.481 e. The number of carboxylic acid groups (broad SMARTS) is 3. The van der Waals surface area contributed by atoms with Gasteiger partial charge in [-0.05, 0) is 37.0 Å². The number of hydrogen-bond acceptors (Lipinski definition) is 10. The molecule has 0 fully saturated rings. The molecule has 0 aliphatic rings. The third-order valence-electron chi connectivity index (χ3n) is 6.83. The third kappa shape index (κ3) is 11.8. The molecule has 260 valence electrons. The number of aryl methyl sites for hydroxylation is 1. The van der Waals surface area contributed by atoms with Crippen molar-refractivity contribution in [1.29, 1.82) is 0 Å². The topological polar surface area (TPSA) is 288 Å². The molecular weight excluding hydrogens is 638 g/mol. The molecule has 1 aromatic heterocycles. The van der Waals surface area contributed by atoms with Gasteiger partial charge < -0.3 is 46.3 Å². The number of rotatable bonds is 17. The van der Waals surface area contributed by atoms with E-state index in [1.807, 2.05) is 0 Å². The Morgan fingerprint density at radius 1 is 0.729 bits per heavy atom. The van der Waals surface area contributed by atoms with Gasteiger partial charge >= 0.3 is 23.5 Å². The number of fused-ring (bicyclic) bond motifs is 1. The van der Waals surface area contributed by atoms with Crippen LogP contribution in [0.15, 0.2) is 33.5 Å². The fraction of sp³-hybridized carbons (Fsp3) is 0.433. The molecule has 0 bridgehead atoms. The van der Waals surface area contributed by atoms with Gasteiger partial charge in [-0.15, -0.1) is 0 Å². The van der Waals surface area contributed by atoms with E-state index in [1.165, 1.54) is 32.0 Å². The summed E-state index contributed by atoms with van der Waals surface area (Å²) in [6, 6.07) is -0.645. The molecule has 1 aromatic carbocycles. The van der Waals surface area contributed by atoms with Gasteiger partial charge in [-0.25, -0.2) is 4.79 Å².